The van der Waals surface area contributed by atoms with Crippen molar-refractivity contribution in [1.82, 2.24) is 4.90 Å². The molecule has 2 unspecified atom stereocenters. The van der Waals surface area contributed by atoms with Gasteiger partial charge >= 0.3 is 0 Å². The van der Waals surface area contributed by atoms with E-state index in [2.05, 4.69) is 0 Å². The Labute approximate surface area is 112 Å². The predicted molar refractivity (Wildman–Crippen MR) is 70.6 cm³/mol. The van der Waals surface area contributed by atoms with E-state index < -0.39 is 0 Å². The highest BCUT2D eigenvalue weighted by Crippen LogP contribution is 2.25. The third kappa shape index (κ3) is 2.43. The van der Waals surface area contributed by atoms with Crippen LogP contribution in [0.3, 0.4) is 0 Å². The van der Waals surface area contributed by atoms with Crippen LogP contribution >= 0.6 is 0 Å². The van der Waals surface area contributed by atoms with Crippen molar-refractivity contribution in [2.45, 2.75) is 20.8 Å². The largest absolute Gasteiger partial charge is 0.292 e. The summed E-state index contributed by atoms with van der Waals surface area (Å²) < 4.78 is 0. The van der Waals surface area contributed by atoms with Gasteiger partial charge in [0.05, 0.1) is 6.54 Å². The van der Waals surface area contributed by atoms with Crippen LogP contribution in [0.15, 0.2) is 24.3 Å². The monoisotopic (exact) mass is 259 g/mol. The van der Waals surface area contributed by atoms with Crippen LogP contribution in [0.1, 0.15) is 29.8 Å². The molecule has 0 radical (unpaired) electrons. The number of hydrogen-bond donors (Lipinski definition) is 0. The summed E-state index contributed by atoms with van der Waals surface area (Å²) in [5, 5.41) is 0. The van der Waals surface area contributed by atoms with Gasteiger partial charge in [-0.3, -0.25) is 19.3 Å². The summed E-state index contributed by atoms with van der Waals surface area (Å²) in [4.78, 5) is 37.0. The van der Waals surface area contributed by atoms with E-state index in [1.54, 1.807) is 26.0 Å². The molecule has 2 atom stereocenters. The highest BCUT2D eigenvalue weighted by molar-refractivity contribution is 6.09. The topological polar surface area (TPSA) is 54.5 Å². The Balaban J connectivity index is 2.13. The Hall–Kier alpha value is -1.97. The maximum absolute atomic E-state index is 12.1. The number of hydrogen-bond acceptors (Lipinski definition) is 3. The third-order valence-corrected chi connectivity index (χ3v) is 3.74. The number of carbonyl (C=O) groups excluding carboxylic acids is 3. The summed E-state index contributed by atoms with van der Waals surface area (Å²) >= 11 is 0. The van der Waals surface area contributed by atoms with Crippen LogP contribution in [0.5, 0.6) is 0 Å². The highest BCUT2D eigenvalue weighted by atomic mass is 16.2. The van der Waals surface area contributed by atoms with Crippen LogP contribution in [0, 0.1) is 18.8 Å². The van der Waals surface area contributed by atoms with Crippen molar-refractivity contribution in [3.63, 3.8) is 0 Å². The maximum atomic E-state index is 12.1. The first-order valence-corrected chi connectivity index (χ1v) is 6.37. The number of imide groups is 1. The van der Waals surface area contributed by atoms with Gasteiger partial charge in [-0.05, 0) is 6.92 Å². The molecule has 1 aromatic rings. The number of nitrogens with zero attached hydrogens (tertiary/aromatic N) is 1. The van der Waals surface area contributed by atoms with Gasteiger partial charge in [-0.2, -0.15) is 0 Å². The minimum absolute atomic E-state index is 0.157. The number of ketones is 1. The van der Waals surface area contributed by atoms with Gasteiger partial charge in [0, 0.05) is 17.4 Å². The summed E-state index contributed by atoms with van der Waals surface area (Å²) in [6.07, 6.45) is 0. The molecule has 0 saturated carbocycles. The number of benzene rings is 1. The second-order valence-corrected chi connectivity index (χ2v) is 5.13. The van der Waals surface area contributed by atoms with Crippen molar-refractivity contribution in [3.8, 4) is 0 Å². The number of aryl methyl sites for hydroxylation is 1. The molecule has 19 heavy (non-hydrogen) atoms. The Morgan fingerprint density at radius 2 is 1.53 bits per heavy atom. The second-order valence-electron chi connectivity index (χ2n) is 5.13. The minimum atomic E-state index is -0.335. The first-order chi connectivity index (χ1) is 8.91. The summed E-state index contributed by atoms with van der Waals surface area (Å²) in [5.41, 5.74) is 1.59. The van der Waals surface area contributed by atoms with Crippen molar-refractivity contribution in [3.05, 3.63) is 35.4 Å². The molecule has 2 amide bonds. The lowest BCUT2D eigenvalue weighted by atomic mass is 10.00. The van der Waals surface area contributed by atoms with E-state index in [1.807, 2.05) is 19.1 Å². The van der Waals surface area contributed by atoms with Gasteiger partial charge in [0.15, 0.2) is 5.78 Å². The molecule has 2 rings (SSSR count). The summed E-state index contributed by atoms with van der Waals surface area (Å²) in [7, 11) is 0. The summed E-state index contributed by atoms with van der Waals surface area (Å²) in [6.45, 7) is 5.23. The van der Waals surface area contributed by atoms with Crippen molar-refractivity contribution in [2.24, 2.45) is 11.8 Å². The van der Waals surface area contributed by atoms with Crippen LogP contribution in [-0.4, -0.2) is 29.0 Å². The molecule has 1 fully saturated rings. The molecule has 0 bridgehead atoms. The van der Waals surface area contributed by atoms with E-state index >= 15 is 0 Å². The van der Waals surface area contributed by atoms with Gasteiger partial charge in [0.2, 0.25) is 11.8 Å². The van der Waals surface area contributed by atoms with Gasteiger partial charge in [-0.25, -0.2) is 0 Å². The van der Waals surface area contributed by atoms with Crippen LogP contribution in [-0.2, 0) is 9.59 Å². The number of carbonyl (C=O) groups is 3. The molecule has 0 N–H and O–H groups in total. The Kier molecular flexibility index (Phi) is 3.51. The Bertz CT molecular complexity index is 513. The van der Waals surface area contributed by atoms with Gasteiger partial charge in [-0.15, -0.1) is 0 Å². The Morgan fingerprint density at radius 1 is 1.05 bits per heavy atom. The number of Topliss-reactive ketones (excluding diaryl/α,β-unsaturated/α-hetero) is 1. The zero-order valence-corrected chi connectivity index (χ0v) is 11.3. The maximum Gasteiger partial charge on any atom is 0.233 e. The molecule has 0 aromatic heterocycles. The molecule has 0 aliphatic carbocycles. The van der Waals surface area contributed by atoms with E-state index in [9.17, 15) is 14.4 Å². The first kappa shape index (κ1) is 13.5. The molecule has 1 aliphatic heterocycles. The average molecular weight is 259 g/mol. The van der Waals surface area contributed by atoms with E-state index in [1.165, 1.54) is 0 Å². The smallest absolute Gasteiger partial charge is 0.233 e. The van der Waals surface area contributed by atoms with Crippen molar-refractivity contribution in [1.29, 1.82) is 0 Å². The second kappa shape index (κ2) is 4.96. The van der Waals surface area contributed by atoms with Gasteiger partial charge in [0.1, 0.15) is 0 Å². The van der Waals surface area contributed by atoms with Crippen LogP contribution in [0.4, 0.5) is 0 Å². The van der Waals surface area contributed by atoms with E-state index in [-0.39, 0.29) is 36.0 Å². The average Bonchev–Trinajstić information content (AvgIpc) is 2.57. The quantitative estimate of drug-likeness (QED) is 0.614. The summed E-state index contributed by atoms with van der Waals surface area (Å²) in [6, 6.07) is 7.11. The molecule has 100 valence electrons. The van der Waals surface area contributed by atoms with Crippen molar-refractivity contribution in [2.75, 3.05) is 6.54 Å². The lowest BCUT2D eigenvalue weighted by Gasteiger charge is -2.13. The zero-order chi connectivity index (χ0) is 14.2. The molecule has 4 nitrogen and oxygen atoms in total. The Morgan fingerprint density at radius 3 is 2.00 bits per heavy atom. The van der Waals surface area contributed by atoms with Crippen molar-refractivity contribution < 1.29 is 14.4 Å². The summed E-state index contributed by atoms with van der Waals surface area (Å²) in [5.74, 6) is -1.38. The van der Waals surface area contributed by atoms with Crippen LogP contribution in [0.25, 0.3) is 0 Å². The molecule has 1 saturated heterocycles. The van der Waals surface area contributed by atoms with Gasteiger partial charge in [0.25, 0.3) is 0 Å². The lowest BCUT2D eigenvalue weighted by molar-refractivity contribution is -0.139. The molecular weight excluding hydrogens is 242 g/mol. The van der Waals surface area contributed by atoms with E-state index in [4.69, 9.17) is 0 Å². The van der Waals surface area contributed by atoms with Crippen LogP contribution in [0.2, 0.25) is 0 Å². The van der Waals surface area contributed by atoms with Crippen LogP contribution < -0.4 is 0 Å². The normalized spacial score (nSPS) is 23.0. The fraction of sp³-hybridized carbons (Fsp3) is 0.400. The lowest BCUT2D eigenvalue weighted by Crippen LogP contribution is -2.35. The molecular formula is C15H17NO3. The zero-order valence-electron chi connectivity index (χ0n) is 11.3. The van der Waals surface area contributed by atoms with Crippen molar-refractivity contribution >= 4 is 17.6 Å². The molecule has 1 aromatic carbocycles. The fourth-order valence-electron chi connectivity index (χ4n) is 2.16. The van der Waals surface area contributed by atoms with Gasteiger partial charge in [-0.1, -0.05) is 43.7 Å². The fourth-order valence-corrected chi connectivity index (χ4v) is 2.16. The van der Waals surface area contributed by atoms with E-state index in [0.29, 0.717) is 5.56 Å². The third-order valence-electron chi connectivity index (χ3n) is 3.74. The molecule has 0 spiro atoms. The highest BCUT2D eigenvalue weighted by Gasteiger charge is 2.42. The molecule has 1 aliphatic rings. The SMILES string of the molecule is Cc1ccc(C(=O)CN2C(=O)C(C)C(C)C2=O)cc1. The predicted octanol–water partition coefficient (Wildman–Crippen LogP) is 1.82. The molecule has 4 heteroatoms. The minimum Gasteiger partial charge on any atom is -0.292 e. The standard InChI is InChI=1S/C15H17NO3/c1-9-4-6-12(7-5-9)13(17)8-16-14(18)10(2)11(3)15(16)19/h4-7,10-11H,8H2,1-3H3. The first-order valence-electron chi connectivity index (χ1n) is 6.37. The number of amides is 2. The van der Waals surface area contributed by atoms with E-state index in [0.717, 1.165) is 10.5 Å². The number of rotatable bonds is 3. The van der Waals surface area contributed by atoms with Gasteiger partial charge < -0.3 is 0 Å². The number of likely N-dealkylation sites (tertiary alicyclic amines) is 1. The molecule has 1 heterocycles.